The Hall–Kier alpha value is -3.26. The van der Waals surface area contributed by atoms with Crippen molar-refractivity contribution in [1.82, 2.24) is 10.3 Å². The fraction of sp³-hybridized carbons (Fsp3) is 0.263. The molecule has 140 valence electrons. The smallest absolute Gasteiger partial charge is 0.269 e. The lowest BCUT2D eigenvalue weighted by Crippen LogP contribution is -2.33. The lowest BCUT2D eigenvalue weighted by molar-refractivity contribution is -0.384. The van der Waals surface area contributed by atoms with Gasteiger partial charge >= 0.3 is 0 Å². The summed E-state index contributed by atoms with van der Waals surface area (Å²) in [5.41, 5.74) is 3.36. The van der Waals surface area contributed by atoms with Gasteiger partial charge in [-0.1, -0.05) is 0 Å². The van der Waals surface area contributed by atoms with E-state index in [1.54, 1.807) is 42.6 Å². The summed E-state index contributed by atoms with van der Waals surface area (Å²) in [6, 6.07) is 13.0. The van der Waals surface area contributed by atoms with Crippen molar-refractivity contribution >= 4 is 17.8 Å². The van der Waals surface area contributed by atoms with Crippen LogP contribution in [0.1, 0.15) is 18.4 Å². The third kappa shape index (κ3) is 5.61. The predicted octanol–water partition coefficient (Wildman–Crippen LogP) is 2.93. The fourth-order valence-electron chi connectivity index (χ4n) is 2.75. The SMILES string of the molecule is O=C(CN1CCCC1)N/N=C\c1ccc(Oc2ccc([N+](=O)[O-])cc2)cc1. The lowest BCUT2D eigenvalue weighted by atomic mass is 10.2. The highest BCUT2D eigenvalue weighted by Gasteiger charge is 2.14. The maximum atomic E-state index is 11.8. The highest BCUT2D eigenvalue weighted by atomic mass is 16.6. The highest BCUT2D eigenvalue weighted by Crippen LogP contribution is 2.23. The highest BCUT2D eigenvalue weighted by molar-refractivity contribution is 5.83. The largest absolute Gasteiger partial charge is 0.457 e. The lowest BCUT2D eigenvalue weighted by Gasteiger charge is -2.12. The third-order valence-corrected chi connectivity index (χ3v) is 4.13. The minimum Gasteiger partial charge on any atom is -0.457 e. The first kappa shape index (κ1) is 18.5. The van der Waals surface area contributed by atoms with E-state index < -0.39 is 4.92 Å². The Kier molecular flexibility index (Phi) is 6.11. The number of ether oxygens (including phenoxy) is 1. The maximum absolute atomic E-state index is 11.8. The van der Waals surface area contributed by atoms with Crippen LogP contribution in [0.15, 0.2) is 53.6 Å². The zero-order chi connectivity index (χ0) is 19.1. The summed E-state index contributed by atoms with van der Waals surface area (Å²) in [4.78, 5) is 24.1. The van der Waals surface area contributed by atoms with Crippen molar-refractivity contribution in [3.63, 3.8) is 0 Å². The van der Waals surface area contributed by atoms with Gasteiger partial charge in [-0.25, -0.2) is 5.43 Å². The first-order chi connectivity index (χ1) is 13.1. The molecule has 1 fully saturated rings. The molecule has 1 aliphatic rings. The summed E-state index contributed by atoms with van der Waals surface area (Å²) in [6.45, 7) is 2.31. The molecule has 3 rings (SSSR count). The maximum Gasteiger partial charge on any atom is 0.269 e. The van der Waals surface area contributed by atoms with Gasteiger partial charge in [-0.05, 0) is 67.9 Å². The average Bonchev–Trinajstić information content (AvgIpc) is 3.16. The molecule has 1 amide bonds. The number of non-ortho nitro benzene ring substituents is 1. The first-order valence-corrected chi connectivity index (χ1v) is 8.67. The summed E-state index contributed by atoms with van der Waals surface area (Å²) in [6.07, 6.45) is 3.85. The Morgan fingerprint density at radius 3 is 2.30 bits per heavy atom. The number of nitro groups is 1. The Balaban J connectivity index is 1.49. The van der Waals surface area contributed by atoms with Crippen LogP contribution in [0.3, 0.4) is 0 Å². The molecular weight excluding hydrogens is 348 g/mol. The average molecular weight is 368 g/mol. The summed E-state index contributed by atoms with van der Waals surface area (Å²) < 4.78 is 5.64. The summed E-state index contributed by atoms with van der Waals surface area (Å²) in [7, 11) is 0. The van der Waals surface area contributed by atoms with E-state index in [1.165, 1.54) is 12.1 Å². The van der Waals surface area contributed by atoms with Crippen LogP contribution in [0.2, 0.25) is 0 Å². The molecular formula is C19H20N4O4. The fourth-order valence-corrected chi connectivity index (χ4v) is 2.75. The van der Waals surface area contributed by atoms with Crippen molar-refractivity contribution in [1.29, 1.82) is 0 Å². The Morgan fingerprint density at radius 2 is 1.70 bits per heavy atom. The molecule has 0 aliphatic carbocycles. The van der Waals surface area contributed by atoms with E-state index in [4.69, 9.17) is 4.74 Å². The number of carbonyl (C=O) groups excluding carboxylic acids is 1. The Bertz CT molecular complexity index is 813. The van der Waals surface area contributed by atoms with Crippen LogP contribution in [0.5, 0.6) is 11.5 Å². The number of amides is 1. The molecule has 0 unspecified atom stereocenters. The van der Waals surface area contributed by atoms with Crippen molar-refractivity contribution in [3.8, 4) is 11.5 Å². The Labute approximate surface area is 156 Å². The summed E-state index contributed by atoms with van der Waals surface area (Å²) in [5.74, 6) is 0.988. The summed E-state index contributed by atoms with van der Waals surface area (Å²) in [5, 5.41) is 14.6. The van der Waals surface area contributed by atoms with Crippen LogP contribution in [0.25, 0.3) is 0 Å². The van der Waals surface area contributed by atoms with Crippen LogP contribution >= 0.6 is 0 Å². The number of carbonyl (C=O) groups is 1. The number of hydrogen-bond acceptors (Lipinski definition) is 6. The molecule has 27 heavy (non-hydrogen) atoms. The van der Waals surface area contributed by atoms with Crippen LogP contribution in [-0.4, -0.2) is 41.6 Å². The molecule has 0 bridgehead atoms. The molecule has 1 aliphatic heterocycles. The molecule has 1 saturated heterocycles. The number of nitro benzene ring substituents is 1. The van der Waals surface area contributed by atoms with Gasteiger partial charge < -0.3 is 4.74 Å². The molecule has 2 aromatic carbocycles. The van der Waals surface area contributed by atoms with Crippen molar-refractivity contribution in [2.24, 2.45) is 5.10 Å². The van der Waals surface area contributed by atoms with Gasteiger partial charge in [0.05, 0.1) is 17.7 Å². The minimum atomic E-state index is -0.457. The molecule has 2 aromatic rings. The van der Waals surface area contributed by atoms with Crippen LogP contribution < -0.4 is 10.2 Å². The number of benzene rings is 2. The first-order valence-electron chi connectivity index (χ1n) is 8.67. The molecule has 0 aromatic heterocycles. The van der Waals surface area contributed by atoms with E-state index in [2.05, 4.69) is 15.4 Å². The predicted molar refractivity (Wildman–Crippen MR) is 101 cm³/mol. The second kappa shape index (κ2) is 8.91. The van der Waals surface area contributed by atoms with E-state index in [1.807, 2.05) is 0 Å². The summed E-state index contributed by atoms with van der Waals surface area (Å²) >= 11 is 0. The molecule has 1 heterocycles. The molecule has 0 spiro atoms. The zero-order valence-electron chi connectivity index (χ0n) is 14.7. The molecule has 1 N–H and O–H groups in total. The van der Waals surface area contributed by atoms with E-state index in [0.717, 1.165) is 31.5 Å². The van der Waals surface area contributed by atoms with Crippen molar-refractivity contribution < 1.29 is 14.5 Å². The van der Waals surface area contributed by atoms with Crippen LogP contribution in [0, 0.1) is 10.1 Å². The van der Waals surface area contributed by atoms with Crippen LogP contribution in [0.4, 0.5) is 5.69 Å². The molecule has 0 atom stereocenters. The van der Waals surface area contributed by atoms with Gasteiger partial charge in [0.2, 0.25) is 0 Å². The molecule has 8 nitrogen and oxygen atoms in total. The number of rotatable bonds is 7. The zero-order valence-corrected chi connectivity index (χ0v) is 14.7. The molecule has 0 saturated carbocycles. The molecule has 0 radical (unpaired) electrons. The molecule has 8 heteroatoms. The monoisotopic (exact) mass is 368 g/mol. The normalized spacial score (nSPS) is 14.4. The second-order valence-electron chi connectivity index (χ2n) is 6.20. The van der Waals surface area contributed by atoms with Crippen LogP contribution in [-0.2, 0) is 4.79 Å². The van der Waals surface area contributed by atoms with Crippen molar-refractivity contribution in [2.45, 2.75) is 12.8 Å². The van der Waals surface area contributed by atoms with E-state index in [9.17, 15) is 14.9 Å². The number of hydrazone groups is 1. The van der Waals surface area contributed by atoms with Gasteiger partial charge in [0.1, 0.15) is 11.5 Å². The quantitative estimate of drug-likeness (QED) is 0.460. The van der Waals surface area contributed by atoms with Gasteiger partial charge in [0.25, 0.3) is 11.6 Å². The topological polar surface area (TPSA) is 97.1 Å². The second-order valence-corrected chi connectivity index (χ2v) is 6.20. The Morgan fingerprint density at radius 1 is 1.11 bits per heavy atom. The van der Waals surface area contributed by atoms with Gasteiger partial charge in [-0.2, -0.15) is 5.10 Å². The van der Waals surface area contributed by atoms with Gasteiger partial charge in [-0.3, -0.25) is 19.8 Å². The standard InChI is InChI=1S/C19H20N4O4/c24-19(14-22-11-1-2-12-22)21-20-13-15-3-7-17(8-4-15)27-18-9-5-16(6-10-18)23(25)26/h3-10,13H,1-2,11-12,14H2,(H,21,24)/b20-13-. The van der Waals surface area contributed by atoms with Crippen molar-refractivity contribution in [2.75, 3.05) is 19.6 Å². The van der Waals surface area contributed by atoms with Gasteiger partial charge in [0.15, 0.2) is 0 Å². The van der Waals surface area contributed by atoms with Gasteiger partial charge in [0, 0.05) is 12.1 Å². The van der Waals surface area contributed by atoms with Crippen molar-refractivity contribution in [3.05, 3.63) is 64.2 Å². The van der Waals surface area contributed by atoms with E-state index in [0.29, 0.717) is 18.0 Å². The minimum absolute atomic E-state index is 0.0145. The number of nitrogens with one attached hydrogen (secondary N) is 1. The number of nitrogens with zero attached hydrogens (tertiary/aromatic N) is 3. The van der Waals surface area contributed by atoms with Gasteiger partial charge in [-0.15, -0.1) is 0 Å². The number of hydrogen-bond donors (Lipinski definition) is 1. The van der Waals surface area contributed by atoms with E-state index >= 15 is 0 Å². The number of likely N-dealkylation sites (tertiary alicyclic amines) is 1. The van der Waals surface area contributed by atoms with E-state index in [-0.39, 0.29) is 11.6 Å². The third-order valence-electron chi connectivity index (χ3n) is 4.13.